The van der Waals surface area contributed by atoms with E-state index in [0.29, 0.717) is 5.91 Å². The van der Waals surface area contributed by atoms with Gasteiger partial charge in [0.25, 0.3) is 0 Å². The molecule has 1 N–H and O–H groups in total. The zero-order valence-corrected chi connectivity index (χ0v) is 10.4. The zero-order valence-electron chi connectivity index (χ0n) is 10.4. The van der Waals surface area contributed by atoms with Crippen molar-refractivity contribution in [1.82, 2.24) is 10.2 Å². The highest BCUT2D eigenvalue weighted by atomic mass is 16.5. The molecule has 3 aliphatic rings. The van der Waals surface area contributed by atoms with Gasteiger partial charge in [0.2, 0.25) is 5.91 Å². The van der Waals surface area contributed by atoms with Gasteiger partial charge >= 0.3 is 0 Å². The minimum absolute atomic E-state index is 0.192. The Morgan fingerprint density at radius 1 is 1.24 bits per heavy atom. The fourth-order valence-electron chi connectivity index (χ4n) is 3.62. The van der Waals surface area contributed by atoms with E-state index in [9.17, 15) is 4.79 Å². The Hall–Kier alpha value is -0.610. The van der Waals surface area contributed by atoms with Crippen LogP contribution in [0.4, 0.5) is 0 Å². The lowest BCUT2D eigenvalue weighted by Gasteiger charge is -2.38. The molecule has 3 saturated heterocycles. The molecule has 3 rings (SSSR count). The standard InChI is InChI=1S/C13H22N2O2/c16-12(15-5-1-2-6-15)11-9-14-10-13(11)3-7-17-8-4-13/h11,14H,1-10H2. The van der Waals surface area contributed by atoms with Gasteiger partial charge in [0.15, 0.2) is 0 Å². The minimum atomic E-state index is 0.192. The molecule has 96 valence electrons. The summed E-state index contributed by atoms with van der Waals surface area (Å²) in [6, 6.07) is 0. The number of likely N-dealkylation sites (tertiary alicyclic amines) is 1. The Kier molecular flexibility index (Phi) is 3.09. The summed E-state index contributed by atoms with van der Waals surface area (Å²) < 4.78 is 5.46. The number of nitrogens with zero attached hydrogens (tertiary/aromatic N) is 1. The summed E-state index contributed by atoms with van der Waals surface area (Å²) in [5.74, 6) is 0.596. The highest BCUT2D eigenvalue weighted by molar-refractivity contribution is 5.80. The van der Waals surface area contributed by atoms with E-state index in [0.717, 1.165) is 52.2 Å². The lowest BCUT2D eigenvalue weighted by molar-refractivity contribution is -0.139. The van der Waals surface area contributed by atoms with E-state index < -0.39 is 0 Å². The molecule has 0 aromatic carbocycles. The molecule has 0 aromatic rings. The Balaban J connectivity index is 1.74. The average Bonchev–Trinajstić information content (AvgIpc) is 2.99. The highest BCUT2D eigenvalue weighted by Gasteiger charge is 2.48. The van der Waals surface area contributed by atoms with E-state index in [1.54, 1.807) is 0 Å². The number of carbonyl (C=O) groups excluding carboxylic acids is 1. The number of rotatable bonds is 1. The van der Waals surface area contributed by atoms with E-state index in [-0.39, 0.29) is 11.3 Å². The van der Waals surface area contributed by atoms with Crippen LogP contribution in [0.3, 0.4) is 0 Å². The van der Waals surface area contributed by atoms with Crippen LogP contribution in [0.25, 0.3) is 0 Å². The van der Waals surface area contributed by atoms with Gasteiger partial charge in [-0.3, -0.25) is 4.79 Å². The highest BCUT2D eigenvalue weighted by Crippen LogP contribution is 2.42. The third-order valence-corrected chi connectivity index (χ3v) is 4.77. The zero-order chi connectivity index (χ0) is 11.7. The largest absolute Gasteiger partial charge is 0.381 e. The molecule has 3 fully saturated rings. The van der Waals surface area contributed by atoms with Gasteiger partial charge in [0, 0.05) is 39.4 Å². The van der Waals surface area contributed by atoms with Crippen molar-refractivity contribution in [2.75, 3.05) is 39.4 Å². The van der Waals surface area contributed by atoms with Gasteiger partial charge in [-0.15, -0.1) is 0 Å². The summed E-state index contributed by atoms with van der Waals surface area (Å²) >= 11 is 0. The smallest absolute Gasteiger partial charge is 0.227 e. The number of carbonyl (C=O) groups is 1. The van der Waals surface area contributed by atoms with E-state index in [1.807, 2.05) is 0 Å². The van der Waals surface area contributed by atoms with Gasteiger partial charge in [0.1, 0.15) is 0 Å². The van der Waals surface area contributed by atoms with Crippen molar-refractivity contribution in [2.45, 2.75) is 25.7 Å². The second-order valence-corrected chi connectivity index (χ2v) is 5.69. The lowest BCUT2D eigenvalue weighted by Crippen LogP contribution is -2.45. The Labute approximate surface area is 103 Å². The molecular weight excluding hydrogens is 216 g/mol. The predicted molar refractivity (Wildman–Crippen MR) is 64.7 cm³/mol. The monoisotopic (exact) mass is 238 g/mol. The first-order valence-electron chi connectivity index (χ1n) is 6.89. The third-order valence-electron chi connectivity index (χ3n) is 4.77. The van der Waals surface area contributed by atoms with Crippen molar-refractivity contribution in [2.24, 2.45) is 11.3 Å². The molecule has 0 aromatic heterocycles. The molecule has 3 heterocycles. The number of hydrogen-bond acceptors (Lipinski definition) is 3. The van der Waals surface area contributed by atoms with Crippen LogP contribution in [0, 0.1) is 11.3 Å². The minimum Gasteiger partial charge on any atom is -0.381 e. The quantitative estimate of drug-likeness (QED) is 0.728. The van der Waals surface area contributed by atoms with Gasteiger partial charge in [-0.05, 0) is 31.1 Å². The van der Waals surface area contributed by atoms with Crippen LogP contribution in [-0.2, 0) is 9.53 Å². The van der Waals surface area contributed by atoms with Crippen molar-refractivity contribution in [3.05, 3.63) is 0 Å². The second kappa shape index (κ2) is 4.58. The van der Waals surface area contributed by atoms with Gasteiger partial charge in [-0.1, -0.05) is 0 Å². The molecule has 0 bridgehead atoms. The molecule has 1 amide bonds. The molecule has 1 atom stereocenters. The van der Waals surface area contributed by atoms with Crippen LogP contribution in [0.2, 0.25) is 0 Å². The summed E-state index contributed by atoms with van der Waals surface area (Å²) in [5.41, 5.74) is 0.192. The molecule has 0 saturated carbocycles. The molecule has 0 radical (unpaired) electrons. The Morgan fingerprint density at radius 3 is 2.65 bits per heavy atom. The van der Waals surface area contributed by atoms with Crippen molar-refractivity contribution in [3.63, 3.8) is 0 Å². The fourth-order valence-corrected chi connectivity index (χ4v) is 3.62. The number of ether oxygens (including phenoxy) is 1. The molecule has 1 unspecified atom stereocenters. The van der Waals surface area contributed by atoms with Crippen LogP contribution in [0.15, 0.2) is 0 Å². The first-order valence-corrected chi connectivity index (χ1v) is 6.89. The van der Waals surface area contributed by atoms with Crippen molar-refractivity contribution < 1.29 is 9.53 Å². The summed E-state index contributed by atoms with van der Waals surface area (Å²) in [6.45, 7) is 5.47. The van der Waals surface area contributed by atoms with Crippen LogP contribution in [0.5, 0.6) is 0 Å². The summed E-state index contributed by atoms with van der Waals surface area (Å²) in [4.78, 5) is 14.6. The van der Waals surface area contributed by atoms with Crippen LogP contribution >= 0.6 is 0 Å². The maximum Gasteiger partial charge on any atom is 0.227 e. The molecule has 3 aliphatic heterocycles. The molecular formula is C13H22N2O2. The molecule has 1 spiro atoms. The maximum absolute atomic E-state index is 12.6. The van der Waals surface area contributed by atoms with E-state index >= 15 is 0 Å². The molecule has 4 heteroatoms. The average molecular weight is 238 g/mol. The van der Waals surface area contributed by atoms with Gasteiger partial charge in [-0.2, -0.15) is 0 Å². The van der Waals surface area contributed by atoms with E-state index in [4.69, 9.17) is 4.74 Å². The molecule has 17 heavy (non-hydrogen) atoms. The number of amides is 1. The van der Waals surface area contributed by atoms with Gasteiger partial charge in [0.05, 0.1) is 5.92 Å². The predicted octanol–water partition coefficient (Wildman–Crippen LogP) is 0.625. The molecule has 4 nitrogen and oxygen atoms in total. The number of hydrogen-bond donors (Lipinski definition) is 1. The van der Waals surface area contributed by atoms with Crippen LogP contribution in [0.1, 0.15) is 25.7 Å². The first kappa shape index (κ1) is 11.5. The lowest BCUT2D eigenvalue weighted by atomic mass is 9.71. The Morgan fingerprint density at radius 2 is 1.94 bits per heavy atom. The van der Waals surface area contributed by atoms with Crippen LogP contribution in [-0.4, -0.2) is 50.2 Å². The number of nitrogens with one attached hydrogen (secondary N) is 1. The third kappa shape index (κ3) is 1.97. The summed E-state index contributed by atoms with van der Waals surface area (Å²) in [5, 5.41) is 3.43. The van der Waals surface area contributed by atoms with Gasteiger partial charge in [-0.25, -0.2) is 0 Å². The van der Waals surface area contributed by atoms with Crippen LogP contribution < -0.4 is 5.32 Å². The normalized spacial score (nSPS) is 32.2. The van der Waals surface area contributed by atoms with Crippen molar-refractivity contribution >= 4 is 5.91 Å². The van der Waals surface area contributed by atoms with Crippen molar-refractivity contribution in [3.8, 4) is 0 Å². The fraction of sp³-hybridized carbons (Fsp3) is 0.923. The van der Waals surface area contributed by atoms with Crippen molar-refractivity contribution in [1.29, 1.82) is 0 Å². The van der Waals surface area contributed by atoms with E-state index in [2.05, 4.69) is 10.2 Å². The topological polar surface area (TPSA) is 41.6 Å². The second-order valence-electron chi connectivity index (χ2n) is 5.69. The maximum atomic E-state index is 12.6. The van der Waals surface area contributed by atoms with E-state index in [1.165, 1.54) is 12.8 Å². The first-order chi connectivity index (χ1) is 8.32. The molecule has 0 aliphatic carbocycles. The van der Waals surface area contributed by atoms with Gasteiger partial charge < -0.3 is 15.0 Å². The summed E-state index contributed by atoms with van der Waals surface area (Å²) in [7, 11) is 0. The SMILES string of the molecule is O=C(C1CNCC12CCOCC2)N1CCCC1. The summed E-state index contributed by atoms with van der Waals surface area (Å²) in [6.07, 6.45) is 4.46. The Bertz CT molecular complexity index is 294.